The van der Waals surface area contributed by atoms with Crippen LogP contribution in [-0.2, 0) is 0 Å². The van der Waals surface area contributed by atoms with E-state index < -0.39 is 0 Å². The lowest BCUT2D eigenvalue weighted by atomic mass is 10.2. The zero-order valence-corrected chi connectivity index (χ0v) is 11.6. The molecule has 0 fully saturated rings. The predicted molar refractivity (Wildman–Crippen MR) is 78.8 cm³/mol. The average Bonchev–Trinajstić information content (AvgIpc) is 3.15. The maximum atomic E-state index is 11.2. The number of ether oxygens (including phenoxy) is 1. The van der Waals surface area contributed by atoms with Gasteiger partial charge in [-0.25, -0.2) is 4.68 Å². The molecule has 4 nitrogen and oxygen atoms in total. The summed E-state index contributed by atoms with van der Waals surface area (Å²) in [5.41, 5.74) is 3.01. The van der Waals surface area contributed by atoms with Gasteiger partial charge in [0.2, 0.25) is 0 Å². The Labute approximate surface area is 120 Å². The van der Waals surface area contributed by atoms with Crippen LogP contribution in [0.5, 0.6) is 5.75 Å². The van der Waals surface area contributed by atoms with Gasteiger partial charge in [0.1, 0.15) is 17.1 Å². The lowest BCUT2D eigenvalue weighted by Gasteiger charge is -2.07. The molecule has 0 radical (unpaired) electrons. The highest BCUT2D eigenvalue weighted by molar-refractivity contribution is 7.08. The van der Waals surface area contributed by atoms with E-state index in [0.717, 1.165) is 17.5 Å². The highest BCUT2D eigenvalue weighted by Crippen LogP contribution is 2.27. The zero-order chi connectivity index (χ0) is 13.9. The highest BCUT2D eigenvalue weighted by atomic mass is 32.1. The number of thiophene rings is 1. The molecule has 0 aliphatic heterocycles. The van der Waals surface area contributed by atoms with Crippen LogP contribution < -0.4 is 4.74 Å². The molecule has 0 N–H and O–H groups in total. The number of hydrogen-bond donors (Lipinski definition) is 0. The molecule has 0 amide bonds. The quantitative estimate of drug-likeness (QED) is 0.689. The van der Waals surface area contributed by atoms with Crippen molar-refractivity contribution in [2.45, 2.75) is 0 Å². The number of benzene rings is 1. The summed E-state index contributed by atoms with van der Waals surface area (Å²) < 4.78 is 7.00. The van der Waals surface area contributed by atoms with E-state index in [1.165, 1.54) is 0 Å². The number of methoxy groups -OCH3 is 1. The Morgan fingerprint density at radius 3 is 2.85 bits per heavy atom. The summed E-state index contributed by atoms with van der Waals surface area (Å²) in [6.07, 6.45) is 2.55. The first-order chi connectivity index (χ1) is 9.83. The molecular weight excluding hydrogens is 272 g/mol. The van der Waals surface area contributed by atoms with Gasteiger partial charge in [0.25, 0.3) is 0 Å². The molecule has 100 valence electrons. The predicted octanol–water partition coefficient (Wildman–Crippen LogP) is 3.42. The van der Waals surface area contributed by atoms with Gasteiger partial charge in [-0.3, -0.25) is 4.79 Å². The van der Waals surface area contributed by atoms with Gasteiger partial charge in [0.15, 0.2) is 6.29 Å². The van der Waals surface area contributed by atoms with Gasteiger partial charge in [-0.15, -0.1) is 0 Å². The topological polar surface area (TPSA) is 44.1 Å². The van der Waals surface area contributed by atoms with E-state index in [-0.39, 0.29) is 0 Å². The van der Waals surface area contributed by atoms with Gasteiger partial charge in [0.05, 0.1) is 12.7 Å². The molecule has 0 atom stereocenters. The van der Waals surface area contributed by atoms with E-state index in [1.54, 1.807) is 29.3 Å². The van der Waals surface area contributed by atoms with Crippen molar-refractivity contribution in [1.82, 2.24) is 9.78 Å². The third kappa shape index (κ3) is 2.12. The molecule has 0 aliphatic rings. The first-order valence-electron chi connectivity index (χ1n) is 6.04. The molecule has 0 saturated heterocycles. The molecule has 2 heterocycles. The Bertz CT molecular complexity index is 732. The third-order valence-electron chi connectivity index (χ3n) is 3.00. The summed E-state index contributed by atoms with van der Waals surface area (Å²) in [4.78, 5) is 11.2. The second-order valence-corrected chi connectivity index (χ2v) is 4.96. The zero-order valence-electron chi connectivity index (χ0n) is 10.8. The Kier molecular flexibility index (Phi) is 3.35. The van der Waals surface area contributed by atoms with Crippen molar-refractivity contribution in [3.05, 3.63) is 52.9 Å². The Balaban J connectivity index is 2.14. The normalized spacial score (nSPS) is 10.4. The minimum absolute atomic E-state index is 0.564. The van der Waals surface area contributed by atoms with Crippen molar-refractivity contribution in [2.24, 2.45) is 0 Å². The van der Waals surface area contributed by atoms with Gasteiger partial charge in [-0.05, 0) is 23.6 Å². The summed E-state index contributed by atoms with van der Waals surface area (Å²) >= 11 is 1.58. The molecule has 20 heavy (non-hydrogen) atoms. The number of nitrogens with zero attached hydrogens (tertiary/aromatic N) is 2. The van der Waals surface area contributed by atoms with Crippen molar-refractivity contribution in [3.63, 3.8) is 0 Å². The smallest absolute Gasteiger partial charge is 0.153 e. The molecule has 1 aromatic carbocycles. The minimum Gasteiger partial charge on any atom is -0.494 e. The molecule has 0 unspecified atom stereocenters. The molecule has 3 rings (SSSR count). The standard InChI is InChI=1S/C15H12N2O2S/c1-19-14-5-3-2-4-13(14)17-8-12(9-18)15(16-17)11-6-7-20-10-11/h2-10H,1H3. The number of rotatable bonds is 4. The lowest BCUT2D eigenvalue weighted by Crippen LogP contribution is -1.98. The maximum Gasteiger partial charge on any atom is 0.153 e. The molecule has 0 aliphatic carbocycles. The van der Waals surface area contributed by atoms with Gasteiger partial charge in [-0.2, -0.15) is 16.4 Å². The molecule has 0 bridgehead atoms. The van der Waals surface area contributed by atoms with Crippen LogP contribution in [0.2, 0.25) is 0 Å². The molecule has 0 saturated carbocycles. The lowest BCUT2D eigenvalue weighted by molar-refractivity contribution is 0.112. The molecule has 3 aromatic rings. The van der Waals surface area contributed by atoms with Crippen LogP contribution in [0.3, 0.4) is 0 Å². The maximum absolute atomic E-state index is 11.2. The number of hydrogen-bond acceptors (Lipinski definition) is 4. The first kappa shape index (κ1) is 12.6. The summed E-state index contributed by atoms with van der Waals surface area (Å²) in [5.74, 6) is 0.712. The third-order valence-corrected chi connectivity index (χ3v) is 3.68. The minimum atomic E-state index is 0.564. The molecular formula is C15H12N2O2S. The van der Waals surface area contributed by atoms with Crippen LogP contribution in [0.25, 0.3) is 16.9 Å². The van der Waals surface area contributed by atoms with E-state index >= 15 is 0 Å². The number of aldehydes is 1. The Morgan fingerprint density at radius 2 is 2.15 bits per heavy atom. The van der Waals surface area contributed by atoms with Crippen LogP contribution in [0.1, 0.15) is 10.4 Å². The van der Waals surface area contributed by atoms with Crippen LogP contribution in [0.15, 0.2) is 47.3 Å². The van der Waals surface area contributed by atoms with Crippen molar-refractivity contribution in [3.8, 4) is 22.7 Å². The van der Waals surface area contributed by atoms with E-state index in [2.05, 4.69) is 5.10 Å². The van der Waals surface area contributed by atoms with Crippen LogP contribution in [-0.4, -0.2) is 23.2 Å². The highest BCUT2D eigenvalue weighted by Gasteiger charge is 2.13. The molecule has 2 aromatic heterocycles. The number of aromatic nitrogens is 2. The fourth-order valence-corrected chi connectivity index (χ4v) is 2.68. The monoisotopic (exact) mass is 284 g/mol. The SMILES string of the molecule is COc1ccccc1-n1cc(C=O)c(-c2ccsc2)n1. The summed E-state index contributed by atoms with van der Waals surface area (Å²) in [6, 6.07) is 9.52. The van der Waals surface area contributed by atoms with E-state index in [9.17, 15) is 4.79 Å². The number of carbonyl (C=O) groups is 1. The Hall–Kier alpha value is -2.40. The summed E-state index contributed by atoms with van der Waals surface area (Å²) in [6.45, 7) is 0. The van der Waals surface area contributed by atoms with E-state index in [1.807, 2.05) is 41.1 Å². The number of carbonyl (C=O) groups excluding carboxylic acids is 1. The van der Waals surface area contributed by atoms with Crippen molar-refractivity contribution in [1.29, 1.82) is 0 Å². The Morgan fingerprint density at radius 1 is 1.30 bits per heavy atom. The van der Waals surface area contributed by atoms with Crippen LogP contribution in [0, 0.1) is 0 Å². The largest absolute Gasteiger partial charge is 0.494 e. The fourth-order valence-electron chi connectivity index (χ4n) is 2.04. The average molecular weight is 284 g/mol. The molecule has 5 heteroatoms. The summed E-state index contributed by atoms with van der Waals surface area (Å²) in [7, 11) is 1.61. The van der Waals surface area contributed by atoms with Crippen molar-refractivity contribution >= 4 is 17.6 Å². The second kappa shape index (κ2) is 5.30. The van der Waals surface area contributed by atoms with E-state index in [0.29, 0.717) is 17.0 Å². The van der Waals surface area contributed by atoms with Crippen molar-refractivity contribution in [2.75, 3.05) is 7.11 Å². The number of para-hydroxylation sites is 2. The van der Waals surface area contributed by atoms with E-state index in [4.69, 9.17) is 4.74 Å². The van der Waals surface area contributed by atoms with Crippen molar-refractivity contribution < 1.29 is 9.53 Å². The van der Waals surface area contributed by atoms with Crippen LogP contribution >= 0.6 is 11.3 Å². The van der Waals surface area contributed by atoms with Gasteiger partial charge < -0.3 is 4.74 Å². The second-order valence-electron chi connectivity index (χ2n) is 4.18. The van der Waals surface area contributed by atoms with Crippen LogP contribution in [0.4, 0.5) is 0 Å². The summed E-state index contributed by atoms with van der Waals surface area (Å²) in [5, 5.41) is 8.45. The van der Waals surface area contributed by atoms with Gasteiger partial charge >= 0.3 is 0 Å². The fraction of sp³-hybridized carbons (Fsp3) is 0.0667. The van der Waals surface area contributed by atoms with Gasteiger partial charge in [-0.1, -0.05) is 12.1 Å². The first-order valence-corrected chi connectivity index (χ1v) is 6.98. The molecule has 0 spiro atoms. The van der Waals surface area contributed by atoms with Gasteiger partial charge in [0, 0.05) is 17.1 Å².